The first-order valence-electron chi connectivity index (χ1n) is 7.45. The van der Waals surface area contributed by atoms with Gasteiger partial charge in [-0.3, -0.25) is 4.79 Å². The van der Waals surface area contributed by atoms with Crippen molar-refractivity contribution in [1.82, 2.24) is 0 Å². The van der Waals surface area contributed by atoms with E-state index in [1.165, 1.54) is 35.1 Å². The van der Waals surface area contributed by atoms with E-state index in [0.29, 0.717) is 12.2 Å². The summed E-state index contributed by atoms with van der Waals surface area (Å²) in [6.45, 7) is 11.4. The zero-order valence-electron chi connectivity index (χ0n) is 12.8. The van der Waals surface area contributed by atoms with Crippen LogP contribution in [0.25, 0.3) is 0 Å². The summed E-state index contributed by atoms with van der Waals surface area (Å²) >= 11 is 0. The van der Waals surface area contributed by atoms with Gasteiger partial charge >= 0.3 is 0 Å². The van der Waals surface area contributed by atoms with Crippen molar-refractivity contribution in [2.24, 2.45) is 0 Å². The molecular weight excluding hydrogens is 232 g/mol. The highest BCUT2D eigenvalue weighted by molar-refractivity contribution is 6.03. The monoisotopic (exact) mass is 256 g/mol. The van der Waals surface area contributed by atoms with E-state index in [0.717, 1.165) is 12.0 Å². The predicted octanol–water partition coefficient (Wildman–Crippen LogP) is 4.47. The second-order valence-electron chi connectivity index (χ2n) is 7.66. The van der Waals surface area contributed by atoms with Gasteiger partial charge in [-0.25, -0.2) is 0 Å². The van der Waals surface area contributed by atoms with Crippen molar-refractivity contribution in [3.05, 3.63) is 33.9 Å². The molecule has 0 radical (unpaired) electrons. The normalized spacial score (nSPS) is 23.1. The number of aryl methyl sites for hydroxylation is 1. The fraction of sp³-hybridized carbons (Fsp3) is 0.611. The molecule has 19 heavy (non-hydrogen) atoms. The maximum atomic E-state index is 12.4. The standard InChI is InChI=1S/C18H24O/c1-11-10-13-16(15-12(11)6-7-14(15)19)18(4,5)9-8-17(13,2)3/h10H,6-9H2,1-5H3. The molecule has 0 saturated carbocycles. The first-order valence-corrected chi connectivity index (χ1v) is 7.45. The topological polar surface area (TPSA) is 17.1 Å². The smallest absolute Gasteiger partial charge is 0.163 e. The summed E-state index contributed by atoms with van der Waals surface area (Å²) in [4.78, 5) is 12.4. The quantitative estimate of drug-likeness (QED) is 0.669. The number of carbonyl (C=O) groups excluding carboxylic acids is 1. The highest BCUT2D eigenvalue weighted by Crippen LogP contribution is 2.49. The van der Waals surface area contributed by atoms with Crippen LogP contribution >= 0.6 is 0 Å². The molecule has 0 atom stereocenters. The summed E-state index contributed by atoms with van der Waals surface area (Å²) in [5.74, 6) is 0.376. The van der Waals surface area contributed by atoms with E-state index in [4.69, 9.17) is 0 Å². The zero-order chi connectivity index (χ0) is 14.0. The van der Waals surface area contributed by atoms with Gasteiger partial charge in [-0.2, -0.15) is 0 Å². The summed E-state index contributed by atoms with van der Waals surface area (Å²) in [6.07, 6.45) is 4.04. The minimum absolute atomic E-state index is 0.142. The molecule has 0 spiro atoms. The molecule has 0 N–H and O–H groups in total. The summed E-state index contributed by atoms with van der Waals surface area (Å²) in [5, 5.41) is 0. The summed E-state index contributed by atoms with van der Waals surface area (Å²) in [6, 6.07) is 2.37. The number of hydrogen-bond donors (Lipinski definition) is 0. The maximum absolute atomic E-state index is 12.4. The van der Waals surface area contributed by atoms with Gasteiger partial charge < -0.3 is 0 Å². The average molecular weight is 256 g/mol. The molecule has 1 aromatic carbocycles. The van der Waals surface area contributed by atoms with Crippen molar-refractivity contribution < 1.29 is 4.79 Å². The Morgan fingerprint density at radius 3 is 2.32 bits per heavy atom. The SMILES string of the molecule is Cc1cc2c(c3c1CCC3=O)C(C)(C)CCC2(C)C. The Balaban J connectivity index is 2.40. The lowest BCUT2D eigenvalue weighted by atomic mass is 9.61. The number of fused-ring (bicyclic) bond motifs is 3. The van der Waals surface area contributed by atoms with Crippen molar-refractivity contribution in [1.29, 1.82) is 0 Å². The van der Waals surface area contributed by atoms with Gasteiger partial charge in [-0.05, 0) is 59.3 Å². The van der Waals surface area contributed by atoms with E-state index in [-0.39, 0.29) is 10.8 Å². The Morgan fingerprint density at radius 2 is 1.63 bits per heavy atom. The fourth-order valence-corrected chi connectivity index (χ4v) is 3.97. The number of carbonyl (C=O) groups is 1. The van der Waals surface area contributed by atoms with E-state index in [2.05, 4.69) is 40.7 Å². The first-order chi connectivity index (χ1) is 8.74. The Morgan fingerprint density at radius 1 is 1.00 bits per heavy atom. The van der Waals surface area contributed by atoms with Crippen LogP contribution in [-0.2, 0) is 17.3 Å². The number of rotatable bonds is 0. The lowest BCUT2D eigenvalue weighted by molar-refractivity contribution is 0.0991. The number of hydrogen-bond acceptors (Lipinski definition) is 1. The van der Waals surface area contributed by atoms with Crippen LogP contribution in [-0.4, -0.2) is 5.78 Å². The van der Waals surface area contributed by atoms with Gasteiger partial charge in [0, 0.05) is 12.0 Å². The molecule has 0 saturated heterocycles. The van der Waals surface area contributed by atoms with E-state index in [1.54, 1.807) is 0 Å². The molecule has 2 aliphatic rings. The molecule has 2 aliphatic carbocycles. The van der Waals surface area contributed by atoms with Crippen LogP contribution in [0.15, 0.2) is 6.07 Å². The molecule has 0 amide bonds. The van der Waals surface area contributed by atoms with Crippen molar-refractivity contribution in [3.63, 3.8) is 0 Å². The van der Waals surface area contributed by atoms with Crippen molar-refractivity contribution >= 4 is 5.78 Å². The summed E-state index contributed by atoms with van der Waals surface area (Å²) < 4.78 is 0. The summed E-state index contributed by atoms with van der Waals surface area (Å²) in [5.41, 5.74) is 6.88. The van der Waals surface area contributed by atoms with E-state index >= 15 is 0 Å². The largest absolute Gasteiger partial charge is 0.294 e. The van der Waals surface area contributed by atoms with Crippen molar-refractivity contribution in [2.45, 2.75) is 71.1 Å². The highest BCUT2D eigenvalue weighted by atomic mass is 16.1. The van der Waals surface area contributed by atoms with E-state index in [1.807, 2.05) is 0 Å². The molecule has 0 aliphatic heterocycles. The molecule has 0 fully saturated rings. The zero-order valence-corrected chi connectivity index (χ0v) is 12.8. The molecule has 1 aromatic rings. The van der Waals surface area contributed by atoms with Gasteiger partial charge in [0.25, 0.3) is 0 Å². The van der Waals surface area contributed by atoms with Gasteiger partial charge in [0.05, 0.1) is 0 Å². The highest BCUT2D eigenvalue weighted by Gasteiger charge is 2.42. The molecule has 1 nitrogen and oxygen atoms in total. The van der Waals surface area contributed by atoms with E-state index in [9.17, 15) is 4.79 Å². The molecule has 0 unspecified atom stereocenters. The second kappa shape index (κ2) is 3.71. The Kier molecular flexibility index (Phi) is 2.52. The van der Waals surface area contributed by atoms with Gasteiger partial charge in [-0.15, -0.1) is 0 Å². The Hall–Kier alpha value is -1.11. The van der Waals surface area contributed by atoms with Crippen LogP contribution in [0.3, 0.4) is 0 Å². The van der Waals surface area contributed by atoms with Crippen molar-refractivity contribution in [2.75, 3.05) is 0 Å². The first kappa shape index (κ1) is 12.9. The fourth-order valence-electron chi connectivity index (χ4n) is 3.97. The molecule has 0 bridgehead atoms. The molecule has 0 heterocycles. The minimum Gasteiger partial charge on any atom is -0.294 e. The number of Topliss-reactive ketones (excluding diaryl/α,β-unsaturated/α-hetero) is 1. The third-order valence-electron chi connectivity index (χ3n) is 5.32. The number of benzene rings is 1. The molecule has 0 aromatic heterocycles. The van der Waals surface area contributed by atoms with Crippen LogP contribution in [0, 0.1) is 6.92 Å². The predicted molar refractivity (Wildman–Crippen MR) is 79.1 cm³/mol. The molecular formula is C18H24O. The van der Waals surface area contributed by atoms with Crippen LogP contribution in [0.2, 0.25) is 0 Å². The second-order valence-corrected chi connectivity index (χ2v) is 7.66. The third-order valence-corrected chi connectivity index (χ3v) is 5.32. The van der Waals surface area contributed by atoms with E-state index < -0.39 is 0 Å². The van der Waals surface area contributed by atoms with Gasteiger partial charge in [0.15, 0.2) is 5.78 Å². The molecule has 3 rings (SSSR count). The van der Waals surface area contributed by atoms with Gasteiger partial charge in [-0.1, -0.05) is 33.8 Å². The molecule has 102 valence electrons. The van der Waals surface area contributed by atoms with Gasteiger partial charge in [0.1, 0.15) is 0 Å². The van der Waals surface area contributed by atoms with Crippen LogP contribution in [0.1, 0.15) is 79.6 Å². The lowest BCUT2D eigenvalue weighted by Crippen LogP contribution is -2.35. The van der Waals surface area contributed by atoms with Crippen LogP contribution in [0.5, 0.6) is 0 Å². The number of ketones is 1. The van der Waals surface area contributed by atoms with Crippen LogP contribution in [0.4, 0.5) is 0 Å². The van der Waals surface area contributed by atoms with Crippen LogP contribution < -0.4 is 0 Å². The Bertz CT molecular complexity index is 576. The summed E-state index contributed by atoms with van der Waals surface area (Å²) in [7, 11) is 0. The lowest BCUT2D eigenvalue weighted by Gasteiger charge is -2.43. The third kappa shape index (κ3) is 1.70. The van der Waals surface area contributed by atoms with Gasteiger partial charge in [0.2, 0.25) is 0 Å². The van der Waals surface area contributed by atoms with Crippen molar-refractivity contribution in [3.8, 4) is 0 Å². The maximum Gasteiger partial charge on any atom is 0.163 e. The minimum atomic E-state index is 0.142. The Labute approximate surface area is 116 Å². The average Bonchev–Trinajstić information content (AvgIpc) is 2.68. The molecule has 1 heteroatoms.